The Kier molecular flexibility index (Phi) is 7.06. The van der Waals surface area contributed by atoms with Crippen molar-refractivity contribution in [2.24, 2.45) is 0 Å². The van der Waals surface area contributed by atoms with E-state index >= 15 is 0 Å². The second kappa shape index (κ2) is 5.24. The average Bonchev–Trinajstić information content (AvgIpc) is 1.19. The van der Waals surface area contributed by atoms with Crippen LogP contribution in [0.4, 0.5) is 10.6 Å². The van der Waals surface area contributed by atoms with Gasteiger partial charge in [0.25, 0.3) is 0 Å². The van der Waals surface area contributed by atoms with E-state index in [1.165, 1.54) is 0 Å². The van der Waals surface area contributed by atoms with Crippen LogP contribution in [0.1, 0.15) is 0 Å². The average molecular weight is 182 g/mol. The Labute approximate surface area is 54.0 Å². The predicted octanol–water partition coefficient (Wildman–Crippen LogP) is -0.0488. The van der Waals surface area contributed by atoms with Crippen LogP contribution in [0.3, 0.4) is 0 Å². The summed E-state index contributed by atoms with van der Waals surface area (Å²) in [5.41, 5.74) is 0. The second-order valence-corrected chi connectivity index (χ2v) is 2.28. The molecule has 0 unspecified atom stereocenters. The normalized spacial score (nSPS) is 9.56. The van der Waals surface area contributed by atoms with E-state index < -0.39 is 23.4 Å². The van der Waals surface area contributed by atoms with Gasteiger partial charge in [0.15, 0.2) is 0 Å². The van der Waals surface area contributed by atoms with Crippen LogP contribution in [0, 0.1) is 0 Å². The molecule has 0 aliphatic rings. The quantitative estimate of drug-likeness (QED) is 0.362. The van der Waals surface area contributed by atoms with Crippen LogP contribution >= 0.6 is 7.82 Å². The van der Waals surface area contributed by atoms with Crippen LogP contribution in [0.5, 0.6) is 0 Å². The highest BCUT2D eigenvalue weighted by atomic mass is 31.2. The topological polar surface area (TPSA) is 77.8 Å². The number of hydrogen-bond donors (Lipinski definition) is 3. The number of phosphoric acid groups is 1. The van der Waals surface area contributed by atoms with E-state index in [1.807, 2.05) is 0 Å². The lowest BCUT2D eigenvalue weighted by Crippen LogP contribution is -1.76. The Hall–Kier alpha value is 0.432. The summed E-state index contributed by atoms with van der Waals surface area (Å²) in [4.78, 5) is 21.6. The highest BCUT2D eigenvalue weighted by Gasteiger charge is 2.21. The molecule has 0 heterocycles. The molecule has 0 fully saturated rings. The Morgan fingerprint density at radius 2 is 1.11 bits per heavy atom. The third-order valence-electron chi connectivity index (χ3n) is 0. The van der Waals surface area contributed by atoms with Crippen molar-refractivity contribution < 1.29 is 29.8 Å². The molecular formula is H3AlF3O4P. The zero-order chi connectivity index (χ0) is 8.08. The first kappa shape index (κ1) is 12.1. The van der Waals surface area contributed by atoms with Gasteiger partial charge in [0.1, 0.15) is 0 Å². The maximum absolute atomic E-state index is 9.81. The Balaban J connectivity index is 0. The monoisotopic (exact) mass is 182 g/mol. The van der Waals surface area contributed by atoms with Gasteiger partial charge >= 0.3 is 23.4 Å². The zero-order valence-electron chi connectivity index (χ0n) is 3.91. The molecule has 0 aromatic heterocycles. The molecule has 0 radical (unpaired) electrons. The van der Waals surface area contributed by atoms with Crippen LogP contribution in [-0.4, -0.2) is 30.2 Å². The van der Waals surface area contributed by atoms with Crippen molar-refractivity contribution in [2.75, 3.05) is 0 Å². The summed E-state index contributed by atoms with van der Waals surface area (Å²) in [7, 11) is -4.64. The SMILES string of the molecule is O=P(O)(O)O.[F][Al]([F])[F]. The Bertz CT molecular complexity index is 87.0. The van der Waals surface area contributed by atoms with Gasteiger partial charge in [-0.1, -0.05) is 0 Å². The van der Waals surface area contributed by atoms with E-state index in [1.54, 1.807) is 0 Å². The summed E-state index contributed by atoms with van der Waals surface area (Å²) in [6.45, 7) is 0. The fourth-order valence-electron chi connectivity index (χ4n) is 0. The molecular weight excluding hydrogens is 179 g/mol. The molecule has 0 aliphatic carbocycles. The highest BCUT2D eigenvalue weighted by Crippen LogP contribution is 2.25. The van der Waals surface area contributed by atoms with E-state index in [2.05, 4.69) is 0 Å². The van der Waals surface area contributed by atoms with Gasteiger partial charge in [0, 0.05) is 0 Å². The smallest absolute Gasteiger partial charge is 0.346 e. The first-order valence-corrected chi connectivity index (χ1v) is 4.31. The van der Waals surface area contributed by atoms with Gasteiger partial charge in [-0.25, -0.2) is 4.57 Å². The molecule has 9 heavy (non-hydrogen) atoms. The van der Waals surface area contributed by atoms with Crippen molar-refractivity contribution in [1.29, 1.82) is 0 Å². The summed E-state index contributed by atoms with van der Waals surface area (Å²) in [6.07, 6.45) is 0. The highest BCUT2D eigenvalue weighted by molar-refractivity contribution is 7.45. The standard InChI is InChI=1S/Al.3FH.H3O4P/c;;;;1-5(2,3)4/h;3*1H;(H3,1,2,3,4)/q+3;;;;/p-3. The largest absolute Gasteiger partial charge is 1.04 e. The summed E-state index contributed by atoms with van der Waals surface area (Å²) in [5, 5.41) is 0. The minimum Gasteiger partial charge on any atom is -0.346 e. The van der Waals surface area contributed by atoms with Gasteiger partial charge in [0.2, 0.25) is 0 Å². The lowest BCUT2D eigenvalue weighted by Gasteiger charge is -1.82. The van der Waals surface area contributed by atoms with E-state index in [0.29, 0.717) is 0 Å². The van der Waals surface area contributed by atoms with Gasteiger partial charge in [-0.15, -0.1) is 0 Å². The third kappa shape index (κ3) is 1870. The molecule has 0 amide bonds. The molecule has 56 valence electrons. The van der Waals surface area contributed by atoms with E-state index in [4.69, 9.17) is 19.2 Å². The van der Waals surface area contributed by atoms with Crippen molar-refractivity contribution >= 4 is 23.4 Å². The van der Waals surface area contributed by atoms with Crippen molar-refractivity contribution in [3.05, 3.63) is 0 Å². The molecule has 0 spiro atoms. The lowest BCUT2D eigenvalue weighted by molar-refractivity contribution is 0.275. The third-order valence-corrected chi connectivity index (χ3v) is 0. The minimum absolute atomic E-state index is 4.64. The molecule has 0 aromatic carbocycles. The zero-order valence-corrected chi connectivity index (χ0v) is 5.96. The van der Waals surface area contributed by atoms with E-state index in [9.17, 15) is 10.6 Å². The molecule has 4 nitrogen and oxygen atoms in total. The first-order chi connectivity index (χ1) is 3.73. The van der Waals surface area contributed by atoms with Crippen LogP contribution in [-0.2, 0) is 4.57 Å². The maximum atomic E-state index is 9.81. The van der Waals surface area contributed by atoms with Crippen LogP contribution < -0.4 is 0 Å². The molecule has 0 saturated carbocycles. The molecule has 0 atom stereocenters. The van der Waals surface area contributed by atoms with Gasteiger partial charge in [-0.2, -0.15) is 0 Å². The van der Waals surface area contributed by atoms with Gasteiger partial charge in [-0.3, -0.25) is 0 Å². The first-order valence-electron chi connectivity index (χ1n) is 1.44. The molecule has 0 aromatic rings. The number of hydrogen-bond acceptors (Lipinski definition) is 1. The number of halogens is 3. The number of rotatable bonds is 0. The molecule has 0 aliphatic heterocycles. The Morgan fingerprint density at radius 1 is 1.11 bits per heavy atom. The van der Waals surface area contributed by atoms with Crippen molar-refractivity contribution in [3.63, 3.8) is 0 Å². The van der Waals surface area contributed by atoms with Crippen molar-refractivity contribution in [2.45, 2.75) is 0 Å². The van der Waals surface area contributed by atoms with Crippen molar-refractivity contribution in [3.8, 4) is 0 Å². The molecule has 0 rings (SSSR count). The van der Waals surface area contributed by atoms with Gasteiger partial charge in [0.05, 0.1) is 0 Å². The van der Waals surface area contributed by atoms with E-state index in [0.717, 1.165) is 0 Å². The van der Waals surface area contributed by atoms with Crippen LogP contribution in [0.25, 0.3) is 0 Å². The molecule has 9 heteroatoms. The summed E-state index contributed by atoms with van der Waals surface area (Å²) in [5.74, 6) is 0. The maximum Gasteiger partial charge on any atom is 1.04 e. The van der Waals surface area contributed by atoms with Crippen molar-refractivity contribution in [1.82, 2.24) is 0 Å². The van der Waals surface area contributed by atoms with Crippen LogP contribution in [0.2, 0.25) is 0 Å². The fourth-order valence-corrected chi connectivity index (χ4v) is 0. The fraction of sp³-hybridized carbons (Fsp3) is 0. The second-order valence-electron chi connectivity index (χ2n) is 0.761. The molecule has 0 saturated heterocycles. The summed E-state index contributed by atoms with van der Waals surface area (Å²) >= 11 is -4.64. The molecule has 0 bridgehead atoms. The molecule has 3 N–H and O–H groups in total. The summed E-state index contributed by atoms with van der Waals surface area (Å²) < 4.78 is 38.3. The lowest BCUT2D eigenvalue weighted by atomic mass is 15.8. The van der Waals surface area contributed by atoms with Crippen LogP contribution in [0.15, 0.2) is 0 Å². The Morgan fingerprint density at radius 3 is 1.11 bits per heavy atom. The predicted molar refractivity (Wildman–Crippen MR) is 23.3 cm³/mol. The van der Waals surface area contributed by atoms with E-state index in [-0.39, 0.29) is 0 Å². The summed E-state index contributed by atoms with van der Waals surface area (Å²) in [6, 6.07) is 0. The van der Waals surface area contributed by atoms with Gasteiger partial charge < -0.3 is 25.3 Å². The van der Waals surface area contributed by atoms with Gasteiger partial charge in [-0.05, 0) is 0 Å². The minimum atomic E-state index is -4.64.